The second kappa shape index (κ2) is 2.88. The SMILES string of the molecule is SCc1ccc2c(c1)CNC2. The van der Waals surface area contributed by atoms with Gasteiger partial charge in [0.1, 0.15) is 0 Å². The highest BCUT2D eigenvalue weighted by Crippen LogP contribution is 2.17. The zero-order chi connectivity index (χ0) is 7.68. The van der Waals surface area contributed by atoms with E-state index in [9.17, 15) is 0 Å². The molecule has 0 unspecified atom stereocenters. The third kappa shape index (κ3) is 1.28. The Morgan fingerprint density at radius 1 is 1.27 bits per heavy atom. The Morgan fingerprint density at radius 2 is 2.09 bits per heavy atom. The van der Waals surface area contributed by atoms with Crippen LogP contribution in [0.3, 0.4) is 0 Å². The molecule has 1 aromatic rings. The van der Waals surface area contributed by atoms with Gasteiger partial charge in [0.05, 0.1) is 0 Å². The summed E-state index contributed by atoms with van der Waals surface area (Å²) in [6, 6.07) is 6.59. The highest BCUT2D eigenvalue weighted by atomic mass is 32.1. The van der Waals surface area contributed by atoms with Crippen molar-refractivity contribution in [2.75, 3.05) is 0 Å². The molecular weight excluding hydrogens is 154 g/mol. The first kappa shape index (κ1) is 7.19. The summed E-state index contributed by atoms with van der Waals surface area (Å²) in [5, 5.41) is 3.31. The third-order valence-electron chi connectivity index (χ3n) is 2.08. The molecule has 1 aliphatic rings. The first-order valence-corrected chi connectivity index (χ1v) is 4.45. The lowest BCUT2D eigenvalue weighted by Crippen LogP contribution is -1.99. The Morgan fingerprint density at radius 3 is 2.91 bits per heavy atom. The van der Waals surface area contributed by atoms with E-state index in [-0.39, 0.29) is 0 Å². The predicted octanol–water partition coefficient (Wildman–Crippen LogP) is 1.72. The first-order chi connectivity index (χ1) is 5.40. The van der Waals surface area contributed by atoms with Crippen LogP contribution in [0.15, 0.2) is 18.2 Å². The summed E-state index contributed by atoms with van der Waals surface area (Å²) < 4.78 is 0. The molecule has 2 rings (SSSR count). The lowest BCUT2D eigenvalue weighted by atomic mass is 10.1. The van der Waals surface area contributed by atoms with Crippen LogP contribution in [0.4, 0.5) is 0 Å². The van der Waals surface area contributed by atoms with Crippen LogP contribution in [0.25, 0.3) is 0 Å². The molecule has 0 aromatic heterocycles. The Bertz CT molecular complexity index is 270. The summed E-state index contributed by atoms with van der Waals surface area (Å²) in [4.78, 5) is 0. The van der Waals surface area contributed by atoms with E-state index in [2.05, 4.69) is 36.1 Å². The van der Waals surface area contributed by atoms with E-state index in [0.717, 1.165) is 18.8 Å². The predicted molar refractivity (Wildman–Crippen MR) is 49.7 cm³/mol. The summed E-state index contributed by atoms with van der Waals surface area (Å²) in [7, 11) is 0. The minimum Gasteiger partial charge on any atom is -0.309 e. The molecule has 1 N–H and O–H groups in total. The number of thiol groups is 1. The molecule has 0 fully saturated rings. The van der Waals surface area contributed by atoms with Crippen molar-refractivity contribution in [2.24, 2.45) is 0 Å². The van der Waals surface area contributed by atoms with Crippen molar-refractivity contribution < 1.29 is 0 Å². The lowest BCUT2D eigenvalue weighted by Gasteiger charge is -1.99. The molecule has 0 atom stereocenters. The van der Waals surface area contributed by atoms with Crippen LogP contribution in [0.5, 0.6) is 0 Å². The van der Waals surface area contributed by atoms with Crippen LogP contribution in [-0.4, -0.2) is 0 Å². The number of nitrogens with one attached hydrogen (secondary N) is 1. The maximum atomic E-state index is 4.23. The number of rotatable bonds is 1. The number of benzene rings is 1. The molecule has 58 valence electrons. The van der Waals surface area contributed by atoms with Gasteiger partial charge in [-0.2, -0.15) is 12.6 Å². The fraction of sp³-hybridized carbons (Fsp3) is 0.333. The van der Waals surface area contributed by atoms with Crippen molar-refractivity contribution >= 4 is 12.6 Å². The van der Waals surface area contributed by atoms with Crippen molar-refractivity contribution in [3.63, 3.8) is 0 Å². The van der Waals surface area contributed by atoms with E-state index in [0.29, 0.717) is 0 Å². The monoisotopic (exact) mass is 165 g/mol. The standard InChI is InChI=1S/C9H11NS/c11-6-7-1-2-8-4-10-5-9(8)3-7/h1-3,10-11H,4-6H2. The minimum atomic E-state index is 0.841. The molecule has 11 heavy (non-hydrogen) atoms. The molecule has 2 heteroatoms. The van der Waals surface area contributed by atoms with E-state index in [1.807, 2.05) is 0 Å². The Kier molecular flexibility index (Phi) is 1.88. The van der Waals surface area contributed by atoms with Gasteiger partial charge in [-0.05, 0) is 16.7 Å². The smallest absolute Gasteiger partial charge is 0.0212 e. The second-order valence-corrected chi connectivity index (χ2v) is 3.18. The Balaban J connectivity index is 2.41. The summed E-state index contributed by atoms with van der Waals surface area (Å²) in [5.41, 5.74) is 4.20. The van der Waals surface area contributed by atoms with E-state index in [1.165, 1.54) is 16.7 Å². The van der Waals surface area contributed by atoms with Gasteiger partial charge in [-0.1, -0.05) is 18.2 Å². The molecule has 1 nitrogen and oxygen atoms in total. The topological polar surface area (TPSA) is 12.0 Å². The van der Waals surface area contributed by atoms with Crippen LogP contribution < -0.4 is 5.32 Å². The van der Waals surface area contributed by atoms with Crippen LogP contribution in [-0.2, 0) is 18.8 Å². The summed E-state index contributed by atoms with van der Waals surface area (Å²) in [5.74, 6) is 0.841. The molecule has 1 aliphatic heterocycles. The summed E-state index contributed by atoms with van der Waals surface area (Å²) >= 11 is 4.23. The fourth-order valence-corrected chi connectivity index (χ4v) is 1.64. The van der Waals surface area contributed by atoms with Gasteiger partial charge in [0.2, 0.25) is 0 Å². The largest absolute Gasteiger partial charge is 0.309 e. The second-order valence-electron chi connectivity index (χ2n) is 2.86. The molecular formula is C9H11NS. The zero-order valence-corrected chi connectivity index (χ0v) is 7.20. The highest BCUT2D eigenvalue weighted by molar-refractivity contribution is 7.79. The summed E-state index contributed by atoms with van der Waals surface area (Å²) in [6.07, 6.45) is 0. The molecule has 0 saturated heterocycles. The van der Waals surface area contributed by atoms with Crippen molar-refractivity contribution in [1.29, 1.82) is 0 Å². The van der Waals surface area contributed by atoms with Crippen LogP contribution in [0, 0.1) is 0 Å². The van der Waals surface area contributed by atoms with Crippen molar-refractivity contribution in [2.45, 2.75) is 18.8 Å². The van der Waals surface area contributed by atoms with Crippen LogP contribution >= 0.6 is 12.6 Å². The minimum absolute atomic E-state index is 0.841. The van der Waals surface area contributed by atoms with Crippen LogP contribution in [0.2, 0.25) is 0 Å². The normalized spacial score (nSPS) is 15.0. The van der Waals surface area contributed by atoms with Crippen molar-refractivity contribution in [1.82, 2.24) is 5.32 Å². The third-order valence-corrected chi connectivity index (χ3v) is 2.45. The van der Waals surface area contributed by atoms with Gasteiger partial charge in [-0.15, -0.1) is 0 Å². The average molecular weight is 165 g/mol. The van der Waals surface area contributed by atoms with Crippen LogP contribution in [0.1, 0.15) is 16.7 Å². The molecule has 1 heterocycles. The van der Waals surface area contributed by atoms with E-state index in [1.54, 1.807) is 0 Å². The lowest BCUT2D eigenvalue weighted by molar-refractivity contribution is 0.764. The van der Waals surface area contributed by atoms with E-state index in [4.69, 9.17) is 0 Å². The Labute approximate surface area is 72.2 Å². The first-order valence-electron chi connectivity index (χ1n) is 3.82. The quantitative estimate of drug-likeness (QED) is 0.604. The average Bonchev–Trinajstić information content (AvgIpc) is 2.50. The number of hydrogen-bond donors (Lipinski definition) is 2. The van der Waals surface area contributed by atoms with Gasteiger partial charge in [0, 0.05) is 18.8 Å². The maximum absolute atomic E-state index is 4.23. The van der Waals surface area contributed by atoms with Gasteiger partial charge in [-0.3, -0.25) is 0 Å². The molecule has 0 radical (unpaired) electrons. The zero-order valence-electron chi connectivity index (χ0n) is 6.30. The summed E-state index contributed by atoms with van der Waals surface area (Å²) in [6.45, 7) is 2.05. The fourth-order valence-electron chi connectivity index (χ4n) is 1.45. The van der Waals surface area contributed by atoms with Gasteiger partial charge >= 0.3 is 0 Å². The number of hydrogen-bond acceptors (Lipinski definition) is 2. The highest BCUT2D eigenvalue weighted by Gasteiger charge is 2.08. The molecule has 0 spiro atoms. The van der Waals surface area contributed by atoms with E-state index >= 15 is 0 Å². The molecule has 0 bridgehead atoms. The van der Waals surface area contributed by atoms with Crippen molar-refractivity contribution in [3.05, 3.63) is 34.9 Å². The van der Waals surface area contributed by atoms with Gasteiger partial charge in [0.25, 0.3) is 0 Å². The van der Waals surface area contributed by atoms with Gasteiger partial charge in [0.15, 0.2) is 0 Å². The van der Waals surface area contributed by atoms with Gasteiger partial charge < -0.3 is 5.32 Å². The Hall–Kier alpha value is -0.470. The molecule has 0 amide bonds. The number of fused-ring (bicyclic) bond motifs is 1. The van der Waals surface area contributed by atoms with Gasteiger partial charge in [-0.25, -0.2) is 0 Å². The maximum Gasteiger partial charge on any atom is 0.0212 e. The van der Waals surface area contributed by atoms with E-state index < -0.39 is 0 Å². The molecule has 1 aromatic carbocycles. The van der Waals surface area contributed by atoms with Crippen molar-refractivity contribution in [3.8, 4) is 0 Å². The molecule has 0 saturated carbocycles. The molecule has 0 aliphatic carbocycles.